The van der Waals surface area contributed by atoms with E-state index in [1.165, 1.54) is 154 Å². The van der Waals surface area contributed by atoms with Crippen molar-refractivity contribution in [3.05, 3.63) is 36.5 Å². The molecule has 0 aromatic carbocycles. The zero-order valence-corrected chi connectivity index (χ0v) is 33.3. The van der Waals surface area contributed by atoms with Crippen molar-refractivity contribution < 1.29 is 20.1 Å². The van der Waals surface area contributed by atoms with E-state index in [0.29, 0.717) is 6.42 Å². The number of aliphatic hydroxyl groups excluding tert-OH is 3. The van der Waals surface area contributed by atoms with E-state index in [1.807, 2.05) is 6.08 Å². The SMILES string of the molecule is CCCCCCCCCCCCCCC/C=C/CC/C=C/CC/C=C/C(O)C(CO)NC(=O)C(O)CCCCCCCCCCCCCCC. The summed E-state index contributed by atoms with van der Waals surface area (Å²) in [5.41, 5.74) is 0. The van der Waals surface area contributed by atoms with Crippen LogP contribution in [0.5, 0.6) is 0 Å². The molecule has 0 bridgehead atoms. The Labute approximate surface area is 311 Å². The molecule has 0 aromatic heterocycles. The maximum absolute atomic E-state index is 12.4. The number of unbranched alkanes of at least 4 members (excludes halogenated alkanes) is 27. The van der Waals surface area contributed by atoms with Crippen LogP contribution in [0, 0.1) is 0 Å². The van der Waals surface area contributed by atoms with Gasteiger partial charge in [0.15, 0.2) is 0 Å². The Morgan fingerprint density at radius 1 is 0.480 bits per heavy atom. The number of aliphatic hydroxyl groups is 3. The molecule has 5 nitrogen and oxygen atoms in total. The van der Waals surface area contributed by atoms with Gasteiger partial charge in [-0.15, -0.1) is 0 Å². The molecule has 3 unspecified atom stereocenters. The zero-order chi connectivity index (χ0) is 36.6. The Balaban J connectivity index is 3.73. The highest BCUT2D eigenvalue weighted by Gasteiger charge is 2.22. The lowest BCUT2D eigenvalue weighted by atomic mass is 10.0. The van der Waals surface area contributed by atoms with Crippen LogP contribution >= 0.6 is 0 Å². The van der Waals surface area contributed by atoms with Gasteiger partial charge in [0.2, 0.25) is 5.91 Å². The monoisotopic (exact) mass is 704 g/mol. The number of hydrogen-bond donors (Lipinski definition) is 4. The first-order valence-electron chi connectivity index (χ1n) is 21.8. The highest BCUT2D eigenvalue weighted by atomic mass is 16.3. The maximum atomic E-state index is 12.4. The lowest BCUT2D eigenvalue weighted by molar-refractivity contribution is -0.131. The minimum absolute atomic E-state index is 0.379. The number of amides is 1. The van der Waals surface area contributed by atoms with Crippen molar-refractivity contribution in [1.29, 1.82) is 0 Å². The van der Waals surface area contributed by atoms with Gasteiger partial charge in [0, 0.05) is 0 Å². The topological polar surface area (TPSA) is 89.8 Å². The fraction of sp³-hybridized carbons (Fsp3) is 0.844. The van der Waals surface area contributed by atoms with Crippen LogP contribution in [0.25, 0.3) is 0 Å². The largest absolute Gasteiger partial charge is 0.394 e. The van der Waals surface area contributed by atoms with E-state index in [0.717, 1.165) is 44.9 Å². The summed E-state index contributed by atoms with van der Waals surface area (Å²) in [5, 5.41) is 33.0. The highest BCUT2D eigenvalue weighted by molar-refractivity contribution is 5.80. The molecule has 0 aromatic rings. The van der Waals surface area contributed by atoms with Crippen LogP contribution in [-0.2, 0) is 4.79 Å². The van der Waals surface area contributed by atoms with Crippen LogP contribution in [0.3, 0.4) is 0 Å². The fourth-order valence-corrected chi connectivity index (χ4v) is 6.51. The molecule has 0 saturated heterocycles. The van der Waals surface area contributed by atoms with Crippen molar-refractivity contribution in [2.75, 3.05) is 6.61 Å². The molecule has 3 atom stereocenters. The smallest absolute Gasteiger partial charge is 0.249 e. The summed E-state index contributed by atoms with van der Waals surface area (Å²) in [5.74, 6) is -0.517. The number of rotatable bonds is 39. The lowest BCUT2D eigenvalue weighted by Crippen LogP contribution is -2.48. The molecule has 1 amide bonds. The predicted octanol–water partition coefficient (Wildman–Crippen LogP) is 12.4. The van der Waals surface area contributed by atoms with E-state index < -0.39 is 24.2 Å². The third kappa shape index (κ3) is 35.0. The fourth-order valence-electron chi connectivity index (χ4n) is 6.51. The molecule has 5 heteroatoms. The molecule has 0 heterocycles. The summed E-state index contributed by atoms with van der Waals surface area (Å²) in [6.07, 6.45) is 50.4. The molecule has 50 heavy (non-hydrogen) atoms. The van der Waals surface area contributed by atoms with Crippen molar-refractivity contribution in [1.82, 2.24) is 5.32 Å². The number of allylic oxidation sites excluding steroid dienone is 5. The molecule has 0 spiro atoms. The number of hydrogen-bond acceptors (Lipinski definition) is 4. The molecule has 0 rings (SSSR count). The van der Waals surface area contributed by atoms with Crippen LogP contribution in [0.1, 0.15) is 219 Å². The Bertz CT molecular complexity index is 779. The van der Waals surface area contributed by atoms with Crippen molar-refractivity contribution in [3.63, 3.8) is 0 Å². The van der Waals surface area contributed by atoms with Gasteiger partial charge in [-0.25, -0.2) is 0 Å². The standard InChI is InChI=1S/C45H85NO4/c1-3-5-7-9-11-13-15-17-18-19-20-21-22-23-24-25-26-28-29-31-33-35-37-39-43(48)42(41-47)46-45(50)44(49)40-38-36-34-32-30-27-16-14-12-10-8-6-4-2/h24-25,29,31,37,39,42-44,47-49H,3-23,26-28,30,32-36,38,40-41H2,1-2H3,(H,46,50)/b25-24+,31-29+,39-37+. The summed E-state index contributed by atoms with van der Waals surface area (Å²) in [6.45, 7) is 4.16. The maximum Gasteiger partial charge on any atom is 0.249 e. The molecular formula is C45H85NO4. The van der Waals surface area contributed by atoms with Crippen molar-refractivity contribution in [3.8, 4) is 0 Å². The first kappa shape index (κ1) is 48.6. The minimum Gasteiger partial charge on any atom is -0.394 e. The Morgan fingerprint density at radius 2 is 0.820 bits per heavy atom. The quantitative estimate of drug-likeness (QED) is 0.0379. The molecule has 0 aliphatic carbocycles. The van der Waals surface area contributed by atoms with Crippen LogP contribution in [-0.4, -0.2) is 46.1 Å². The Hall–Kier alpha value is -1.43. The second-order valence-electron chi connectivity index (χ2n) is 14.9. The van der Waals surface area contributed by atoms with Gasteiger partial charge in [0.25, 0.3) is 0 Å². The van der Waals surface area contributed by atoms with E-state index in [4.69, 9.17) is 0 Å². The molecule has 0 aliphatic heterocycles. The predicted molar refractivity (Wildman–Crippen MR) is 218 cm³/mol. The van der Waals surface area contributed by atoms with Gasteiger partial charge in [-0.05, 0) is 44.9 Å². The molecule has 0 aliphatic rings. The Morgan fingerprint density at radius 3 is 1.22 bits per heavy atom. The van der Waals surface area contributed by atoms with Gasteiger partial charge in [0.1, 0.15) is 6.10 Å². The van der Waals surface area contributed by atoms with Gasteiger partial charge in [-0.1, -0.05) is 211 Å². The summed E-state index contributed by atoms with van der Waals surface area (Å²) in [6, 6.07) is -0.818. The number of carbonyl (C=O) groups excluding carboxylic acids is 1. The van der Waals surface area contributed by atoms with E-state index >= 15 is 0 Å². The van der Waals surface area contributed by atoms with Gasteiger partial charge in [-0.2, -0.15) is 0 Å². The van der Waals surface area contributed by atoms with Crippen molar-refractivity contribution in [2.45, 2.75) is 238 Å². The summed E-state index contributed by atoms with van der Waals surface area (Å²) < 4.78 is 0. The van der Waals surface area contributed by atoms with E-state index in [9.17, 15) is 20.1 Å². The average molecular weight is 704 g/mol. The van der Waals surface area contributed by atoms with Crippen molar-refractivity contribution >= 4 is 5.91 Å². The molecule has 0 fully saturated rings. The highest BCUT2D eigenvalue weighted by Crippen LogP contribution is 2.15. The minimum atomic E-state index is -1.10. The second-order valence-corrected chi connectivity index (χ2v) is 14.9. The van der Waals surface area contributed by atoms with Crippen molar-refractivity contribution in [2.24, 2.45) is 0 Å². The number of carbonyl (C=O) groups is 1. The summed E-state index contributed by atoms with van der Waals surface area (Å²) in [4.78, 5) is 12.4. The molecule has 4 N–H and O–H groups in total. The summed E-state index contributed by atoms with van der Waals surface area (Å²) in [7, 11) is 0. The molecule has 0 radical (unpaired) electrons. The summed E-state index contributed by atoms with van der Waals surface area (Å²) >= 11 is 0. The average Bonchev–Trinajstić information content (AvgIpc) is 3.12. The third-order valence-corrected chi connectivity index (χ3v) is 9.96. The van der Waals surface area contributed by atoms with E-state index in [2.05, 4.69) is 43.5 Å². The normalized spacial score (nSPS) is 13.9. The van der Waals surface area contributed by atoms with E-state index in [1.54, 1.807) is 6.08 Å². The molecule has 294 valence electrons. The van der Waals surface area contributed by atoms with Gasteiger partial charge in [0.05, 0.1) is 18.8 Å². The van der Waals surface area contributed by atoms with Gasteiger partial charge in [-0.3, -0.25) is 4.79 Å². The first-order valence-corrected chi connectivity index (χ1v) is 21.8. The second kappa shape index (κ2) is 40.3. The van der Waals surface area contributed by atoms with Gasteiger partial charge < -0.3 is 20.6 Å². The molecular weight excluding hydrogens is 618 g/mol. The van der Waals surface area contributed by atoms with Crippen LogP contribution < -0.4 is 5.32 Å². The molecule has 0 saturated carbocycles. The van der Waals surface area contributed by atoms with Crippen LogP contribution in [0.4, 0.5) is 0 Å². The zero-order valence-electron chi connectivity index (χ0n) is 33.3. The van der Waals surface area contributed by atoms with E-state index in [-0.39, 0.29) is 6.61 Å². The van der Waals surface area contributed by atoms with Crippen LogP contribution in [0.15, 0.2) is 36.5 Å². The van der Waals surface area contributed by atoms with Crippen LogP contribution in [0.2, 0.25) is 0 Å². The first-order chi connectivity index (χ1) is 24.6. The van der Waals surface area contributed by atoms with Gasteiger partial charge >= 0.3 is 0 Å². The Kier molecular flexibility index (Phi) is 39.2. The lowest BCUT2D eigenvalue weighted by Gasteiger charge is -2.21. The number of nitrogens with one attached hydrogen (secondary N) is 1. The third-order valence-electron chi connectivity index (χ3n) is 9.96.